The number of alkyl carbamates (subject to hydrolysis) is 1. The molecule has 13 nitrogen and oxygen atoms in total. The van der Waals surface area contributed by atoms with Gasteiger partial charge in [0.15, 0.2) is 11.7 Å². The van der Waals surface area contributed by atoms with Crippen LogP contribution in [-0.4, -0.2) is 51.8 Å². The summed E-state index contributed by atoms with van der Waals surface area (Å²) in [5, 5.41) is 30.0. The van der Waals surface area contributed by atoms with Crippen LogP contribution in [0.5, 0.6) is 23.0 Å². The first-order valence-electron chi connectivity index (χ1n) is 14.8. The summed E-state index contributed by atoms with van der Waals surface area (Å²) in [4.78, 5) is 25.7. The smallest absolute Gasteiger partial charge is 0.407 e. The summed E-state index contributed by atoms with van der Waals surface area (Å²) in [6.45, 7) is 7.25. The standard InChI is InChI=1S/C33H40N6O7/c1-19-15-25(13-14-28(19)30(35)39-43)45-27-17-21(16-26(18-27)44-24-11-5-20(6-12-24)29(34)38-42)31(40)36-22-7-9-23(10-8-22)37-32(41)46-33(2,3)4/h5-6,11-18,22-23,42-43H,7-10H2,1-4H3,(H2,34,38)(H2,35,39)(H,36,40)(H,37,41). The summed E-state index contributed by atoms with van der Waals surface area (Å²) in [7, 11) is 0. The molecule has 1 aliphatic carbocycles. The molecule has 3 aromatic rings. The van der Waals surface area contributed by atoms with Gasteiger partial charge in [-0.15, -0.1) is 0 Å². The lowest BCUT2D eigenvalue weighted by Crippen LogP contribution is -2.45. The van der Waals surface area contributed by atoms with Crippen LogP contribution in [0.3, 0.4) is 0 Å². The number of hydrogen-bond acceptors (Lipinski definition) is 9. The summed E-state index contributed by atoms with van der Waals surface area (Å²) in [5.41, 5.74) is 12.9. The Morgan fingerprint density at radius 1 is 0.739 bits per heavy atom. The van der Waals surface area contributed by atoms with Crippen molar-refractivity contribution in [2.75, 3.05) is 0 Å². The van der Waals surface area contributed by atoms with Gasteiger partial charge in [0.2, 0.25) is 0 Å². The molecule has 0 aliphatic heterocycles. The van der Waals surface area contributed by atoms with Crippen molar-refractivity contribution in [2.45, 2.75) is 71.1 Å². The van der Waals surface area contributed by atoms with E-state index in [9.17, 15) is 9.59 Å². The van der Waals surface area contributed by atoms with Gasteiger partial charge < -0.3 is 46.7 Å². The Labute approximate surface area is 267 Å². The lowest BCUT2D eigenvalue weighted by atomic mass is 9.91. The fourth-order valence-electron chi connectivity index (χ4n) is 5.01. The molecule has 0 heterocycles. The summed E-state index contributed by atoms with van der Waals surface area (Å²) in [6, 6.07) is 16.4. The van der Waals surface area contributed by atoms with E-state index in [1.165, 1.54) is 0 Å². The van der Waals surface area contributed by atoms with Crippen LogP contribution in [-0.2, 0) is 4.74 Å². The van der Waals surface area contributed by atoms with Crippen molar-refractivity contribution in [1.82, 2.24) is 10.6 Å². The van der Waals surface area contributed by atoms with Crippen molar-refractivity contribution in [1.29, 1.82) is 0 Å². The van der Waals surface area contributed by atoms with E-state index in [1.54, 1.807) is 67.6 Å². The highest BCUT2D eigenvalue weighted by molar-refractivity contribution is 5.98. The summed E-state index contributed by atoms with van der Waals surface area (Å²) in [6.07, 6.45) is 2.32. The van der Waals surface area contributed by atoms with Crippen LogP contribution in [0.1, 0.15) is 73.5 Å². The van der Waals surface area contributed by atoms with E-state index in [-0.39, 0.29) is 29.7 Å². The highest BCUT2D eigenvalue weighted by Gasteiger charge is 2.26. The Hall–Kier alpha value is -5.46. The number of amides is 2. The molecule has 3 aromatic carbocycles. The second-order valence-corrected chi connectivity index (χ2v) is 12.0. The molecule has 1 fully saturated rings. The van der Waals surface area contributed by atoms with E-state index >= 15 is 0 Å². The minimum absolute atomic E-state index is 0.0221. The fourth-order valence-corrected chi connectivity index (χ4v) is 5.01. The number of hydrogen-bond donors (Lipinski definition) is 6. The van der Waals surface area contributed by atoms with Crippen LogP contribution < -0.4 is 31.6 Å². The van der Waals surface area contributed by atoms with Gasteiger partial charge in [0.1, 0.15) is 28.6 Å². The Morgan fingerprint density at radius 3 is 1.83 bits per heavy atom. The highest BCUT2D eigenvalue weighted by atomic mass is 16.6. The van der Waals surface area contributed by atoms with Crippen molar-refractivity contribution >= 4 is 23.7 Å². The van der Waals surface area contributed by atoms with Gasteiger partial charge in [0.25, 0.3) is 5.91 Å². The number of nitrogens with zero attached hydrogens (tertiary/aromatic N) is 2. The van der Waals surface area contributed by atoms with E-state index in [1.807, 2.05) is 20.8 Å². The van der Waals surface area contributed by atoms with E-state index in [0.29, 0.717) is 65.4 Å². The number of rotatable bonds is 9. The van der Waals surface area contributed by atoms with Crippen molar-refractivity contribution in [3.63, 3.8) is 0 Å². The average molecular weight is 633 g/mol. The van der Waals surface area contributed by atoms with Crippen LogP contribution in [0.4, 0.5) is 4.79 Å². The molecule has 0 aromatic heterocycles. The van der Waals surface area contributed by atoms with Crippen LogP contribution in [0.2, 0.25) is 0 Å². The maximum absolute atomic E-state index is 13.5. The first-order valence-corrected chi connectivity index (χ1v) is 14.8. The molecule has 1 aliphatic rings. The third-order valence-corrected chi connectivity index (χ3v) is 7.24. The highest BCUT2D eigenvalue weighted by Crippen LogP contribution is 2.32. The average Bonchev–Trinajstić information content (AvgIpc) is 3.00. The van der Waals surface area contributed by atoms with Crippen molar-refractivity contribution in [3.05, 3.63) is 82.9 Å². The van der Waals surface area contributed by atoms with Crippen molar-refractivity contribution in [2.24, 2.45) is 21.8 Å². The first kappa shape index (κ1) is 33.4. The number of ether oxygens (including phenoxy) is 3. The topological polar surface area (TPSA) is 203 Å². The van der Waals surface area contributed by atoms with Gasteiger partial charge in [-0.25, -0.2) is 4.79 Å². The summed E-state index contributed by atoms with van der Waals surface area (Å²) >= 11 is 0. The van der Waals surface area contributed by atoms with Crippen LogP contribution in [0.25, 0.3) is 0 Å². The Kier molecular flexibility index (Phi) is 10.6. The van der Waals surface area contributed by atoms with Gasteiger partial charge >= 0.3 is 6.09 Å². The number of nitrogens with one attached hydrogen (secondary N) is 2. The number of amidine groups is 2. The van der Waals surface area contributed by atoms with Gasteiger partial charge in [-0.05, 0) is 114 Å². The normalized spacial score (nSPS) is 17.1. The van der Waals surface area contributed by atoms with Gasteiger partial charge in [-0.1, -0.05) is 10.3 Å². The SMILES string of the molecule is Cc1cc(Oc2cc(Oc3ccc(C(N)=NO)cc3)cc(C(=O)NC3CCC(NC(=O)OC(C)(C)C)CC3)c2)ccc1C(N)=NO. The van der Waals surface area contributed by atoms with Gasteiger partial charge in [0, 0.05) is 34.8 Å². The van der Waals surface area contributed by atoms with E-state index in [0.717, 1.165) is 5.56 Å². The molecule has 13 heteroatoms. The number of aryl methyl sites for hydroxylation is 1. The second-order valence-electron chi connectivity index (χ2n) is 12.0. The molecule has 0 atom stereocenters. The fraction of sp³-hybridized carbons (Fsp3) is 0.333. The summed E-state index contributed by atoms with van der Waals surface area (Å²) in [5.74, 6) is 1.24. The van der Waals surface area contributed by atoms with Crippen LogP contribution in [0, 0.1) is 6.92 Å². The molecular weight excluding hydrogens is 592 g/mol. The van der Waals surface area contributed by atoms with Crippen molar-refractivity contribution in [3.8, 4) is 23.0 Å². The molecular formula is C33H40N6O7. The zero-order valence-electron chi connectivity index (χ0n) is 26.2. The molecule has 0 radical (unpaired) electrons. The van der Waals surface area contributed by atoms with Crippen molar-refractivity contribution < 1.29 is 34.2 Å². The molecule has 1 saturated carbocycles. The maximum atomic E-state index is 13.5. The van der Waals surface area contributed by atoms with E-state index in [2.05, 4.69) is 20.9 Å². The zero-order chi connectivity index (χ0) is 33.4. The number of carbonyl (C=O) groups is 2. The minimum Gasteiger partial charge on any atom is -0.457 e. The zero-order valence-corrected chi connectivity index (χ0v) is 26.2. The van der Waals surface area contributed by atoms with Crippen LogP contribution in [0.15, 0.2) is 71.0 Å². The number of oxime groups is 2. The lowest BCUT2D eigenvalue weighted by Gasteiger charge is -2.30. The van der Waals surface area contributed by atoms with Crippen LogP contribution >= 0.6 is 0 Å². The Balaban J connectivity index is 1.51. The molecule has 0 spiro atoms. The quantitative estimate of drug-likeness (QED) is 0.0779. The van der Waals surface area contributed by atoms with Gasteiger partial charge in [-0.3, -0.25) is 4.79 Å². The van der Waals surface area contributed by atoms with E-state index in [4.69, 9.17) is 36.1 Å². The molecule has 46 heavy (non-hydrogen) atoms. The molecule has 0 saturated heterocycles. The minimum atomic E-state index is -0.576. The molecule has 8 N–H and O–H groups in total. The Morgan fingerprint density at radius 2 is 1.28 bits per heavy atom. The Bertz CT molecular complexity index is 1610. The number of nitrogens with two attached hydrogens (primary N) is 2. The maximum Gasteiger partial charge on any atom is 0.407 e. The largest absolute Gasteiger partial charge is 0.457 e. The van der Waals surface area contributed by atoms with Gasteiger partial charge in [0.05, 0.1) is 0 Å². The first-order chi connectivity index (χ1) is 21.8. The molecule has 2 amide bonds. The summed E-state index contributed by atoms with van der Waals surface area (Å²) < 4.78 is 17.5. The monoisotopic (exact) mass is 632 g/mol. The van der Waals surface area contributed by atoms with Gasteiger partial charge in [-0.2, -0.15) is 0 Å². The number of benzene rings is 3. The second kappa shape index (κ2) is 14.5. The third-order valence-electron chi connectivity index (χ3n) is 7.24. The number of carbonyl (C=O) groups excluding carboxylic acids is 2. The lowest BCUT2D eigenvalue weighted by molar-refractivity contribution is 0.0488. The molecule has 244 valence electrons. The third kappa shape index (κ3) is 9.27. The molecule has 0 unspecified atom stereocenters. The molecule has 4 rings (SSSR count). The predicted molar refractivity (Wildman–Crippen MR) is 172 cm³/mol. The molecule has 0 bridgehead atoms. The predicted octanol–water partition coefficient (Wildman–Crippen LogP) is 5.33. The van der Waals surface area contributed by atoms with E-state index < -0.39 is 11.7 Å².